The van der Waals surface area contributed by atoms with Gasteiger partial charge in [0, 0.05) is 29.3 Å². The minimum atomic E-state index is -0.0703. The van der Waals surface area contributed by atoms with Crippen molar-refractivity contribution in [1.82, 2.24) is 4.57 Å². The molecule has 20 heavy (non-hydrogen) atoms. The standard InChI is InChI=1S/C16H20N2O2/c1-3-20-16(19)10-4-6-14-12(8-10)13-9-11(17)5-7-15(13)18(14)2/h5,7,9-10H,3-4,6,8,17H2,1-2H3. The Morgan fingerprint density at radius 1 is 1.50 bits per heavy atom. The molecule has 0 saturated carbocycles. The van der Waals surface area contributed by atoms with Crippen LogP contribution in [0.2, 0.25) is 0 Å². The van der Waals surface area contributed by atoms with Gasteiger partial charge in [0.2, 0.25) is 0 Å². The fourth-order valence-corrected chi connectivity index (χ4v) is 3.26. The summed E-state index contributed by atoms with van der Waals surface area (Å²) in [5.41, 5.74) is 10.5. The molecule has 0 amide bonds. The highest BCUT2D eigenvalue weighted by Crippen LogP contribution is 2.35. The van der Waals surface area contributed by atoms with E-state index in [0.717, 1.165) is 24.9 Å². The first kappa shape index (κ1) is 13.0. The highest BCUT2D eigenvalue weighted by molar-refractivity contribution is 5.89. The lowest BCUT2D eigenvalue weighted by Gasteiger charge is -2.21. The predicted octanol–water partition coefficient (Wildman–Crippen LogP) is 2.43. The van der Waals surface area contributed by atoms with Gasteiger partial charge < -0.3 is 15.0 Å². The van der Waals surface area contributed by atoms with E-state index in [0.29, 0.717) is 6.61 Å². The SMILES string of the molecule is CCOC(=O)C1CCc2c(c3cc(N)ccc3n2C)C1. The molecule has 1 aromatic heterocycles. The molecule has 1 aliphatic carbocycles. The molecule has 1 unspecified atom stereocenters. The number of anilines is 1. The minimum Gasteiger partial charge on any atom is -0.466 e. The first-order valence-corrected chi connectivity index (χ1v) is 7.14. The zero-order valence-electron chi connectivity index (χ0n) is 12.0. The van der Waals surface area contributed by atoms with Gasteiger partial charge in [0.1, 0.15) is 0 Å². The van der Waals surface area contributed by atoms with E-state index in [4.69, 9.17) is 10.5 Å². The maximum Gasteiger partial charge on any atom is 0.309 e. The summed E-state index contributed by atoms with van der Waals surface area (Å²) in [7, 11) is 2.09. The van der Waals surface area contributed by atoms with E-state index in [-0.39, 0.29) is 11.9 Å². The first-order valence-electron chi connectivity index (χ1n) is 7.14. The fourth-order valence-electron chi connectivity index (χ4n) is 3.26. The van der Waals surface area contributed by atoms with E-state index in [9.17, 15) is 4.79 Å². The van der Waals surface area contributed by atoms with Gasteiger partial charge in [0.15, 0.2) is 0 Å². The molecule has 2 N–H and O–H groups in total. The molecule has 1 aliphatic rings. The van der Waals surface area contributed by atoms with Gasteiger partial charge in [-0.2, -0.15) is 0 Å². The summed E-state index contributed by atoms with van der Waals surface area (Å²) in [6.45, 7) is 2.30. The van der Waals surface area contributed by atoms with E-state index in [1.807, 2.05) is 19.1 Å². The van der Waals surface area contributed by atoms with Crippen molar-refractivity contribution in [3.63, 3.8) is 0 Å². The number of esters is 1. The van der Waals surface area contributed by atoms with Crippen LogP contribution >= 0.6 is 0 Å². The number of hydrogen-bond donors (Lipinski definition) is 1. The molecule has 0 saturated heterocycles. The van der Waals surface area contributed by atoms with Gasteiger partial charge >= 0.3 is 5.97 Å². The molecule has 1 heterocycles. The van der Waals surface area contributed by atoms with Crippen LogP contribution in [0.5, 0.6) is 0 Å². The molecular weight excluding hydrogens is 252 g/mol. The number of rotatable bonds is 2. The van der Waals surface area contributed by atoms with E-state index in [1.165, 1.54) is 22.2 Å². The molecule has 1 atom stereocenters. The van der Waals surface area contributed by atoms with Gasteiger partial charge in [-0.15, -0.1) is 0 Å². The number of aromatic nitrogens is 1. The summed E-state index contributed by atoms with van der Waals surface area (Å²) < 4.78 is 7.40. The van der Waals surface area contributed by atoms with E-state index in [1.54, 1.807) is 0 Å². The number of carbonyl (C=O) groups is 1. The third-order valence-electron chi connectivity index (χ3n) is 4.26. The average molecular weight is 272 g/mol. The Labute approximate surface area is 118 Å². The van der Waals surface area contributed by atoms with Crippen LogP contribution in [0.3, 0.4) is 0 Å². The molecule has 0 bridgehead atoms. The maximum atomic E-state index is 12.0. The molecule has 0 spiro atoms. The van der Waals surface area contributed by atoms with Crippen LogP contribution in [-0.4, -0.2) is 17.1 Å². The van der Waals surface area contributed by atoms with Crippen molar-refractivity contribution in [2.24, 2.45) is 13.0 Å². The molecule has 3 rings (SSSR count). The van der Waals surface area contributed by atoms with Gasteiger partial charge in [-0.05, 0) is 49.9 Å². The van der Waals surface area contributed by atoms with Crippen molar-refractivity contribution in [3.05, 3.63) is 29.5 Å². The normalized spacial score (nSPS) is 18.0. The topological polar surface area (TPSA) is 57.2 Å². The zero-order valence-corrected chi connectivity index (χ0v) is 12.0. The lowest BCUT2D eigenvalue weighted by Crippen LogP contribution is -2.25. The quantitative estimate of drug-likeness (QED) is 0.674. The third kappa shape index (κ3) is 1.96. The number of fused-ring (bicyclic) bond motifs is 3. The lowest BCUT2D eigenvalue weighted by atomic mass is 9.86. The van der Waals surface area contributed by atoms with Crippen molar-refractivity contribution in [1.29, 1.82) is 0 Å². The van der Waals surface area contributed by atoms with Gasteiger partial charge in [0.05, 0.1) is 12.5 Å². The second kappa shape index (κ2) is 4.85. The Morgan fingerprint density at radius 2 is 2.30 bits per heavy atom. The van der Waals surface area contributed by atoms with Crippen molar-refractivity contribution in [2.75, 3.05) is 12.3 Å². The van der Waals surface area contributed by atoms with E-state index < -0.39 is 0 Å². The van der Waals surface area contributed by atoms with Crippen molar-refractivity contribution in [3.8, 4) is 0 Å². The minimum absolute atomic E-state index is 0.0190. The van der Waals surface area contributed by atoms with Crippen LogP contribution in [0.15, 0.2) is 18.2 Å². The Kier molecular flexibility index (Phi) is 3.16. The summed E-state index contributed by atoms with van der Waals surface area (Å²) in [5.74, 6) is -0.0893. The second-order valence-electron chi connectivity index (χ2n) is 5.45. The van der Waals surface area contributed by atoms with E-state index in [2.05, 4.69) is 17.7 Å². The number of ether oxygens (including phenoxy) is 1. The predicted molar refractivity (Wildman–Crippen MR) is 79.5 cm³/mol. The molecular formula is C16H20N2O2. The smallest absolute Gasteiger partial charge is 0.309 e. The van der Waals surface area contributed by atoms with Gasteiger partial charge in [-0.3, -0.25) is 4.79 Å². The van der Waals surface area contributed by atoms with Gasteiger partial charge in [-0.1, -0.05) is 0 Å². The summed E-state index contributed by atoms with van der Waals surface area (Å²) in [6, 6.07) is 6.00. The van der Waals surface area contributed by atoms with Crippen LogP contribution in [0.25, 0.3) is 10.9 Å². The van der Waals surface area contributed by atoms with Crippen molar-refractivity contribution >= 4 is 22.6 Å². The maximum absolute atomic E-state index is 12.0. The van der Waals surface area contributed by atoms with E-state index >= 15 is 0 Å². The average Bonchev–Trinajstić information content (AvgIpc) is 2.72. The summed E-state index contributed by atoms with van der Waals surface area (Å²) in [4.78, 5) is 12.0. The first-order chi connectivity index (χ1) is 9.61. The summed E-state index contributed by atoms with van der Waals surface area (Å²) in [6.07, 6.45) is 2.55. The molecule has 0 aliphatic heterocycles. The summed E-state index contributed by atoms with van der Waals surface area (Å²) in [5, 5.41) is 1.18. The zero-order chi connectivity index (χ0) is 14.3. The second-order valence-corrected chi connectivity index (χ2v) is 5.45. The monoisotopic (exact) mass is 272 g/mol. The fraction of sp³-hybridized carbons (Fsp3) is 0.438. The highest BCUT2D eigenvalue weighted by atomic mass is 16.5. The molecule has 4 nitrogen and oxygen atoms in total. The number of carbonyl (C=O) groups excluding carboxylic acids is 1. The Bertz CT molecular complexity index is 673. The largest absolute Gasteiger partial charge is 0.466 e. The Balaban J connectivity index is 2.04. The van der Waals surface area contributed by atoms with Gasteiger partial charge in [-0.25, -0.2) is 0 Å². The Morgan fingerprint density at radius 3 is 3.05 bits per heavy atom. The molecule has 4 heteroatoms. The Hall–Kier alpha value is -1.97. The molecule has 2 aromatic rings. The third-order valence-corrected chi connectivity index (χ3v) is 4.26. The van der Waals surface area contributed by atoms with Crippen molar-refractivity contribution < 1.29 is 9.53 Å². The number of nitrogen functional groups attached to an aromatic ring is 1. The van der Waals surface area contributed by atoms with Crippen LogP contribution in [-0.2, 0) is 29.4 Å². The molecule has 0 fully saturated rings. The number of nitrogens with two attached hydrogens (primary N) is 1. The molecule has 106 valence electrons. The van der Waals surface area contributed by atoms with Crippen LogP contribution in [0.1, 0.15) is 24.6 Å². The summed E-state index contributed by atoms with van der Waals surface area (Å²) >= 11 is 0. The highest BCUT2D eigenvalue weighted by Gasteiger charge is 2.29. The number of aryl methyl sites for hydroxylation is 1. The number of nitrogens with zero attached hydrogens (tertiary/aromatic N) is 1. The van der Waals surface area contributed by atoms with Crippen molar-refractivity contribution in [2.45, 2.75) is 26.2 Å². The van der Waals surface area contributed by atoms with Gasteiger partial charge in [0.25, 0.3) is 0 Å². The lowest BCUT2D eigenvalue weighted by molar-refractivity contribution is -0.148. The van der Waals surface area contributed by atoms with Crippen LogP contribution in [0, 0.1) is 5.92 Å². The number of hydrogen-bond acceptors (Lipinski definition) is 3. The molecule has 1 aromatic carbocycles. The van der Waals surface area contributed by atoms with Crippen LogP contribution < -0.4 is 5.73 Å². The number of benzene rings is 1. The van der Waals surface area contributed by atoms with Crippen LogP contribution in [0.4, 0.5) is 5.69 Å². The molecule has 0 radical (unpaired) electrons.